The van der Waals surface area contributed by atoms with Gasteiger partial charge in [-0.3, -0.25) is 0 Å². The quantitative estimate of drug-likeness (QED) is 0.830. The number of rotatable bonds is 4. The van der Waals surface area contributed by atoms with E-state index < -0.39 is 0 Å². The Morgan fingerprint density at radius 1 is 1.43 bits per heavy atom. The summed E-state index contributed by atoms with van der Waals surface area (Å²) in [6.07, 6.45) is 2.06. The summed E-state index contributed by atoms with van der Waals surface area (Å²) in [5.74, 6) is 3.14. The molecule has 0 spiro atoms. The minimum atomic E-state index is 0.450. The molecule has 0 aliphatic rings. The zero-order valence-electron chi connectivity index (χ0n) is 9.16. The third kappa shape index (κ3) is 2.87. The zero-order chi connectivity index (χ0) is 10.6. The average molecular weight is 211 g/mol. The SMILES string of the molecule is CNc1cc(C(C)C)nc(CSC)n1. The predicted molar refractivity (Wildman–Crippen MR) is 62.9 cm³/mol. The van der Waals surface area contributed by atoms with Gasteiger partial charge in [-0.25, -0.2) is 9.97 Å². The molecular formula is C10H17N3S. The van der Waals surface area contributed by atoms with E-state index >= 15 is 0 Å². The van der Waals surface area contributed by atoms with Crippen molar-refractivity contribution in [3.05, 3.63) is 17.6 Å². The van der Waals surface area contributed by atoms with Gasteiger partial charge in [-0.05, 0) is 12.2 Å². The van der Waals surface area contributed by atoms with E-state index in [1.807, 2.05) is 13.1 Å². The van der Waals surface area contributed by atoms with E-state index in [4.69, 9.17) is 0 Å². The van der Waals surface area contributed by atoms with Crippen molar-refractivity contribution in [3.8, 4) is 0 Å². The second-order valence-electron chi connectivity index (χ2n) is 3.43. The van der Waals surface area contributed by atoms with Gasteiger partial charge in [0.15, 0.2) is 0 Å². The lowest BCUT2D eigenvalue weighted by Gasteiger charge is -2.09. The highest BCUT2D eigenvalue weighted by molar-refractivity contribution is 7.97. The predicted octanol–water partition coefficient (Wildman–Crippen LogP) is 2.50. The minimum absolute atomic E-state index is 0.450. The molecule has 3 nitrogen and oxygen atoms in total. The number of nitrogens with one attached hydrogen (secondary N) is 1. The molecule has 14 heavy (non-hydrogen) atoms. The van der Waals surface area contributed by atoms with E-state index in [1.54, 1.807) is 11.8 Å². The molecule has 0 amide bonds. The van der Waals surface area contributed by atoms with E-state index in [0.717, 1.165) is 23.1 Å². The third-order valence-electron chi connectivity index (χ3n) is 1.91. The van der Waals surface area contributed by atoms with Crippen LogP contribution in [0.15, 0.2) is 6.07 Å². The fourth-order valence-electron chi connectivity index (χ4n) is 1.14. The van der Waals surface area contributed by atoms with Crippen LogP contribution in [0.5, 0.6) is 0 Å². The Morgan fingerprint density at radius 3 is 2.64 bits per heavy atom. The van der Waals surface area contributed by atoms with Crippen LogP contribution in [0.25, 0.3) is 0 Å². The smallest absolute Gasteiger partial charge is 0.140 e. The second-order valence-corrected chi connectivity index (χ2v) is 4.30. The minimum Gasteiger partial charge on any atom is -0.373 e. The summed E-state index contributed by atoms with van der Waals surface area (Å²) in [5, 5.41) is 3.06. The molecule has 4 heteroatoms. The zero-order valence-corrected chi connectivity index (χ0v) is 9.98. The Balaban J connectivity index is 3.00. The summed E-state index contributed by atoms with van der Waals surface area (Å²) < 4.78 is 0. The van der Waals surface area contributed by atoms with Crippen LogP contribution in [0.4, 0.5) is 5.82 Å². The summed E-state index contributed by atoms with van der Waals surface area (Å²) in [6, 6.07) is 2.01. The highest BCUT2D eigenvalue weighted by Crippen LogP contribution is 2.16. The summed E-state index contributed by atoms with van der Waals surface area (Å²) in [7, 11) is 1.88. The van der Waals surface area contributed by atoms with E-state index in [-0.39, 0.29) is 0 Å². The first kappa shape index (κ1) is 11.3. The molecule has 1 rings (SSSR count). The molecule has 0 aliphatic heterocycles. The molecule has 0 bridgehead atoms. The normalized spacial score (nSPS) is 10.6. The van der Waals surface area contributed by atoms with Crippen molar-refractivity contribution in [3.63, 3.8) is 0 Å². The van der Waals surface area contributed by atoms with Gasteiger partial charge in [-0.2, -0.15) is 11.8 Å². The van der Waals surface area contributed by atoms with Crippen molar-refractivity contribution in [1.29, 1.82) is 0 Å². The van der Waals surface area contributed by atoms with Crippen LogP contribution in [0.2, 0.25) is 0 Å². The number of aromatic nitrogens is 2. The fourth-order valence-corrected chi connectivity index (χ4v) is 1.52. The summed E-state index contributed by atoms with van der Waals surface area (Å²) in [6.45, 7) is 4.29. The van der Waals surface area contributed by atoms with Gasteiger partial charge in [0.25, 0.3) is 0 Å². The Bertz CT molecular complexity index is 299. The number of hydrogen-bond donors (Lipinski definition) is 1. The molecule has 0 fully saturated rings. The molecule has 0 aliphatic carbocycles. The third-order valence-corrected chi connectivity index (χ3v) is 2.46. The number of thioether (sulfide) groups is 1. The molecule has 0 unspecified atom stereocenters. The summed E-state index contributed by atoms with van der Waals surface area (Å²) in [5.41, 5.74) is 1.11. The maximum Gasteiger partial charge on any atom is 0.140 e. The van der Waals surface area contributed by atoms with Crippen LogP contribution in [-0.2, 0) is 5.75 Å². The lowest BCUT2D eigenvalue weighted by molar-refractivity contribution is 0.800. The average Bonchev–Trinajstić information content (AvgIpc) is 2.17. The number of nitrogens with zero attached hydrogens (tertiary/aromatic N) is 2. The van der Waals surface area contributed by atoms with Gasteiger partial charge in [0, 0.05) is 18.8 Å². The highest BCUT2D eigenvalue weighted by Gasteiger charge is 2.06. The van der Waals surface area contributed by atoms with E-state index in [1.165, 1.54) is 0 Å². The second kappa shape index (κ2) is 5.20. The van der Waals surface area contributed by atoms with Gasteiger partial charge in [0.1, 0.15) is 11.6 Å². The van der Waals surface area contributed by atoms with Crippen LogP contribution in [0.3, 0.4) is 0 Å². The van der Waals surface area contributed by atoms with E-state index in [2.05, 4.69) is 35.4 Å². The maximum atomic E-state index is 4.50. The number of anilines is 1. The van der Waals surface area contributed by atoms with Gasteiger partial charge >= 0.3 is 0 Å². The van der Waals surface area contributed by atoms with Crippen molar-refractivity contribution >= 4 is 17.6 Å². The molecule has 0 saturated carbocycles. The van der Waals surface area contributed by atoms with Crippen molar-refractivity contribution in [2.75, 3.05) is 18.6 Å². The molecule has 1 aromatic rings. The van der Waals surface area contributed by atoms with Crippen LogP contribution in [0.1, 0.15) is 31.3 Å². The number of hydrogen-bond acceptors (Lipinski definition) is 4. The lowest BCUT2D eigenvalue weighted by atomic mass is 10.1. The van der Waals surface area contributed by atoms with E-state index in [9.17, 15) is 0 Å². The molecule has 1 heterocycles. The molecular weight excluding hydrogens is 194 g/mol. The van der Waals surface area contributed by atoms with Crippen molar-refractivity contribution in [1.82, 2.24) is 9.97 Å². The molecule has 0 saturated heterocycles. The van der Waals surface area contributed by atoms with Gasteiger partial charge in [0.05, 0.1) is 5.75 Å². The van der Waals surface area contributed by atoms with Gasteiger partial charge < -0.3 is 5.32 Å². The van der Waals surface area contributed by atoms with Crippen molar-refractivity contribution < 1.29 is 0 Å². The Morgan fingerprint density at radius 2 is 2.14 bits per heavy atom. The monoisotopic (exact) mass is 211 g/mol. The Kier molecular flexibility index (Phi) is 4.20. The summed E-state index contributed by atoms with van der Waals surface area (Å²) >= 11 is 1.74. The molecule has 1 N–H and O–H groups in total. The maximum absolute atomic E-state index is 4.50. The molecule has 0 aromatic carbocycles. The molecule has 0 radical (unpaired) electrons. The largest absolute Gasteiger partial charge is 0.373 e. The van der Waals surface area contributed by atoms with E-state index in [0.29, 0.717) is 5.92 Å². The standard InChI is InChI=1S/C10H17N3S/c1-7(2)8-5-9(11-3)13-10(12-8)6-14-4/h5,7H,6H2,1-4H3,(H,11,12,13). The Hall–Kier alpha value is -0.770. The molecule has 1 aromatic heterocycles. The van der Waals surface area contributed by atoms with Gasteiger partial charge in [-0.1, -0.05) is 13.8 Å². The van der Waals surface area contributed by atoms with Crippen LogP contribution in [0, 0.1) is 0 Å². The fraction of sp³-hybridized carbons (Fsp3) is 0.600. The lowest BCUT2D eigenvalue weighted by Crippen LogP contribution is -2.03. The Labute approximate surface area is 89.7 Å². The topological polar surface area (TPSA) is 37.8 Å². The van der Waals surface area contributed by atoms with Crippen LogP contribution >= 0.6 is 11.8 Å². The molecule has 0 atom stereocenters. The van der Waals surface area contributed by atoms with Crippen molar-refractivity contribution in [2.24, 2.45) is 0 Å². The summed E-state index contributed by atoms with van der Waals surface area (Å²) in [4.78, 5) is 8.88. The van der Waals surface area contributed by atoms with Crippen molar-refractivity contribution in [2.45, 2.75) is 25.5 Å². The molecule has 78 valence electrons. The highest BCUT2D eigenvalue weighted by atomic mass is 32.2. The van der Waals surface area contributed by atoms with Crippen LogP contribution in [-0.4, -0.2) is 23.3 Å². The first-order valence-corrected chi connectivity index (χ1v) is 6.11. The van der Waals surface area contributed by atoms with Gasteiger partial charge in [0.2, 0.25) is 0 Å². The van der Waals surface area contributed by atoms with Crippen LogP contribution < -0.4 is 5.32 Å². The van der Waals surface area contributed by atoms with Gasteiger partial charge in [-0.15, -0.1) is 0 Å². The first-order valence-electron chi connectivity index (χ1n) is 4.72. The first-order chi connectivity index (χ1) is 6.67.